The number of hydrogen-bond donors (Lipinski definition) is 1. The van der Waals surface area contributed by atoms with Crippen LogP contribution in [0.2, 0.25) is 0 Å². The van der Waals surface area contributed by atoms with Crippen LogP contribution in [0, 0.1) is 12.3 Å². The van der Waals surface area contributed by atoms with Crippen LogP contribution in [0.3, 0.4) is 0 Å². The van der Waals surface area contributed by atoms with Gasteiger partial charge in [-0.05, 0) is 36.4 Å². The first-order valence-electron chi connectivity index (χ1n) is 5.70. The zero-order valence-corrected chi connectivity index (χ0v) is 10.5. The number of terminal acetylenes is 1. The molecule has 0 fully saturated rings. The molecule has 3 nitrogen and oxygen atoms in total. The van der Waals surface area contributed by atoms with Crippen molar-refractivity contribution < 1.29 is 9.84 Å². The molecule has 0 saturated heterocycles. The van der Waals surface area contributed by atoms with Crippen LogP contribution in [-0.4, -0.2) is 18.4 Å². The summed E-state index contributed by atoms with van der Waals surface area (Å²) in [6.45, 7) is 0. The van der Waals surface area contributed by atoms with Crippen molar-refractivity contribution in [1.29, 1.82) is 0 Å². The maximum atomic E-state index is 9.73. The summed E-state index contributed by atoms with van der Waals surface area (Å²) < 4.78 is 5.10. The van der Waals surface area contributed by atoms with Crippen molar-refractivity contribution in [3.05, 3.63) is 53.6 Å². The lowest BCUT2D eigenvalue weighted by Gasteiger charge is -2.03. The molecular formula is C16H13NO2. The zero-order valence-electron chi connectivity index (χ0n) is 10.5. The highest BCUT2D eigenvalue weighted by molar-refractivity contribution is 5.86. The van der Waals surface area contributed by atoms with E-state index in [-0.39, 0.29) is 5.75 Å². The van der Waals surface area contributed by atoms with Gasteiger partial charge in [-0.25, -0.2) is 0 Å². The summed E-state index contributed by atoms with van der Waals surface area (Å²) in [5.74, 6) is 3.37. The lowest BCUT2D eigenvalue weighted by Crippen LogP contribution is -1.87. The zero-order chi connectivity index (χ0) is 13.7. The second-order valence-corrected chi connectivity index (χ2v) is 3.88. The van der Waals surface area contributed by atoms with Gasteiger partial charge in [0, 0.05) is 17.3 Å². The molecular weight excluding hydrogens is 238 g/mol. The van der Waals surface area contributed by atoms with Crippen LogP contribution in [0.15, 0.2) is 47.5 Å². The summed E-state index contributed by atoms with van der Waals surface area (Å²) in [5, 5.41) is 9.73. The smallest absolute Gasteiger partial charge is 0.124 e. The number of methoxy groups -OCH3 is 1. The summed E-state index contributed by atoms with van der Waals surface area (Å²) in [7, 11) is 1.57. The van der Waals surface area contributed by atoms with E-state index in [9.17, 15) is 5.11 Å². The van der Waals surface area contributed by atoms with E-state index in [1.165, 1.54) is 0 Å². The molecule has 0 unspecified atom stereocenters. The number of phenolic OH excluding ortho intramolecular Hbond substituents is 1. The van der Waals surface area contributed by atoms with Crippen LogP contribution in [0.5, 0.6) is 11.5 Å². The molecule has 2 rings (SSSR count). The number of ether oxygens (including phenoxy) is 1. The van der Waals surface area contributed by atoms with Gasteiger partial charge < -0.3 is 9.84 Å². The number of aromatic hydroxyl groups is 1. The number of nitrogens with zero attached hydrogens (tertiary/aromatic N) is 1. The van der Waals surface area contributed by atoms with Crippen molar-refractivity contribution >= 4 is 11.9 Å². The van der Waals surface area contributed by atoms with Crippen molar-refractivity contribution in [3.63, 3.8) is 0 Å². The van der Waals surface area contributed by atoms with E-state index in [0.717, 1.165) is 11.3 Å². The third kappa shape index (κ3) is 3.14. The second-order valence-electron chi connectivity index (χ2n) is 3.88. The fraction of sp³-hybridized carbons (Fsp3) is 0.0625. The monoisotopic (exact) mass is 251 g/mol. The van der Waals surface area contributed by atoms with E-state index in [0.29, 0.717) is 11.3 Å². The van der Waals surface area contributed by atoms with Crippen LogP contribution < -0.4 is 4.74 Å². The van der Waals surface area contributed by atoms with Gasteiger partial charge in [0.15, 0.2) is 0 Å². The first-order valence-corrected chi connectivity index (χ1v) is 5.70. The number of phenols is 1. The number of rotatable bonds is 3. The molecule has 0 heterocycles. The minimum absolute atomic E-state index is 0.151. The number of hydrogen-bond acceptors (Lipinski definition) is 3. The normalized spacial score (nSPS) is 10.3. The molecule has 0 atom stereocenters. The lowest BCUT2D eigenvalue weighted by atomic mass is 10.2. The van der Waals surface area contributed by atoms with Gasteiger partial charge in [-0.15, -0.1) is 6.42 Å². The molecule has 0 aliphatic heterocycles. The first kappa shape index (κ1) is 12.7. The van der Waals surface area contributed by atoms with E-state index < -0.39 is 0 Å². The highest BCUT2D eigenvalue weighted by atomic mass is 16.5. The average Bonchev–Trinajstić information content (AvgIpc) is 2.46. The van der Waals surface area contributed by atoms with Crippen LogP contribution in [0.4, 0.5) is 5.69 Å². The van der Waals surface area contributed by atoms with Crippen molar-refractivity contribution in [3.8, 4) is 23.8 Å². The second kappa shape index (κ2) is 5.74. The molecule has 3 heteroatoms. The highest BCUT2D eigenvalue weighted by Gasteiger charge is 2.00. The molecule has 94 valence electrons. The van der Waals surface area contributed by atoms with Gasteiger partial charge in [0.2, 0.25) is 0 Å². The van der Waals surface area contributed by atoms with Crippen molar-refractivity contribution in [1.82, 2.24) is 0 Å². The van der Waals surface area contributed by atoms with Crippen LogP contribution in [0.1, 0.15) is 11.1 Å². The minimum atomic E-state index is 0.151. The Morgan fingerprint density at radius 2 is 2.11 bits per heavy atom. The third-order valence-electron chi connectivity index (χ3n) is 2.60. The molecule has 0 saturated carbocycles. The molecule has 0 bridgehead atoms. The molecule has 19 heavy (non-hydrogen) atoms. The first-order chi connectivity index (χ1) is 9.22. The van der Waals surface area contributed by atoms with Crippen molar-refractivity contribution in [2.45, 2.75) is 0 Å². The highest BCUT2D eigenvalue weighted by Crippen LogP contribution is 2.22. The maximum Gasteiger partial charge on any atom is 0.124 e. The Hall–Kier alpha value is -2.73. The molecule has 2 aromatic carbocycles. The Bertz CT molecular complexity index is 654. The Morgan fingerprint density at radius 3 is 2.84 bits per heavy atom. The molecule has 0 radical (unpaired) electrons. The van der Waals surface area contributed by atoms with Gasteiger partial charge >= 0.3 is 0 Å². The molecule has 2 aromatic rings. The molecule has 0 aliphatic carbocycles. The van der Waals surface area contributed by atoms with E-state index in [1.807, 2.05) is 18.2 Å². The van der Waals surface area contributed by atoms with Crippen LogP contribution >= 0.6 is 0 Å². The molecule has 0 spiro atoms. The Balaban J connectivity index is 2.29. The Labute approximate surface area is 112 Å². The predicted molar refractivity (Wildman–Crippen MR) is 76.3 cm³/mol. The molecule has 0 aliphatic rings. The Morgan fingerprint density at radius 1 is 1.26 bits per heavy atom. The molecule has 0 amide bonds. The van der Waals surface area contributed by atoms with Gasteiger partial charge in [0.1, 0.15) is 11.5 Å². The average molecular weight is 251 g/mol. The van der Waals surface area contributed by atoms with Gasteiger partial charge in [-0.3, -0.25) is 4.99 Å². The molecule has 0 aromatic heterocycles. The fourth-order valence-electron chi connectivity index (χ4n) is 1.58. The number of benzene rings is 2. The summed E-state index contributed by atoms with van der Waals surface area (Å²) in [6, 6.07) is 12.3. The fourth-order valence-corrected chi connectivity index (χ4v) is 1.58. The van der Waals surface area contributed by atoms with Crippen molar-refractivity contribution in [2.75, 3.05) is 7.11 Å². The topological polar surface area (TPSA) is 41.8 Å². The molecule has 1 N–H and O–H groups in total. The van der Waals surface area contributed by atoms with E-state index in [1.54, 1.807) is 37.6 Å². The van der Waals surface area contributed by atoms with Gasteiger partial charge in [0.05, 0.1) is 12.8 Å². The summed E-state index contributed by atoms with van der Waals surface area (Å²) in [5.41, 5.74) is 2.09. The summed E-state index contributed by atoms with van der Waals surface area (Å²) >= 11 is 0. The van der Waals surface area contributed by atoms with E-state index >= 15 is 0 Å². The largest absolute Gasteiger partial charge is 0.507 e. The van der Waals surface area contributed by atoms with Crippen LogP contribution in [0.25, 0.3) is 0 Å². The summed E-state index contributed by atoms with van der Waals surface area (Å²) in [6.07, 6.45) is 6.91. The van der Waals surface area contributed by atoms with Crippen LogP contribution in [-0.2, 0) is 0 Å². The third-order valence-corrected chi connectivity index (χ3v) is 2.60. The van der Waals surface area contributed by atoms with Gasteiger partial charge in [-0.2, -0.15) is 0 Å². The standard InChI is InChI=1S/C16H13NO2/c1-3-12-5-4-6-14(9-12)17-11-13-10-15(19-2)7-8-16(13)18/h1,4-11,18H,2H3/b17-11+. The SMILES string of the molecule is C#Cc1cccc(/N=C/c2cc(OC)ccc2O)c1. The van der Waals surface area contributed by atoms with Crippen molar-refractivity contribution in [2.24, 2.45) is 4.99 Å². The lowest BCUT2D eigenvalue weighted by molar-refractivity contribution is 0.412. The van der Waals surface area contributed by atoms with Gasteiger partial charge in [0.25, 0.3) is 0 Å². The quantitative estimate of drug-likeness (QED) is 0.672. The minimum Gasteiger partial charge on any atom is -0.507 e. The van der Waals surface area contributed by atoms with Gasteiger partial charge in [-0.1, -0.05) is 12.0 Å². The Kier molecular flexibility index (Phi) is 3.84. The number of aliphatic imine (C=N–C) groups is 1. The predicted octanol–water partition coefficient (Wildman–Crippen LogP) is 3.13. The maximum absolute atomic E-state index is 9.73. The van der Waals surface area contributed by atoms with E-state index in [4.69, 9.17) is 11.2 Å². The summed E-state index contributed by atoms with van der Waals surface area (Å²) in [4.78, 5) is 4.29. The van der Waals surface area contributed by atoms with E-state index in [2.05, 4.69) is 10.9 Å².